The molecule has 0 radical (unpaired) electrons. The van der Waals surface area contributed by atoms with Crippen LogP contribution >= 0.6 is 0 Å². The number of nitrogens with zero attached hydrogens (tertiary/aromatic N) is 4. The van der Waals surface area contributed by atoms with E-state index in [0.29, 0.717) is 22.4 Å². The monoisotopic (exact) mass is 411 g/mol. The van der Waals surface area contributed by atoms with E-state index in [0.717, 1.165) is 0 Å². The van der Waals surface area contributed by atoms with E-state index in [4.69, 9.17) is 4.74 Å². The number of fused-ring (bicyclic) bond motifs is 1. The van der Waals surface area contributed by atoms with Gasteiger partial charge in [0.1, 0.15) is 0 Å². The number of likely N-dealkylation sites (tertiary alicyclic amines) is 1. The van der Waals surface area contributed by atoms with Gasteiger partial charge in [0.25, 0.3) is 11.8 Å². The Bertz CT molecular complexity index is 1130. The van der Waals surface area contributed by atoms with Gasteiger partial charge >= 0.3 is 0 Å². The maximum absolute atomic E-state index is 14.5. The SMILES string of the molecule is C=Cc1ccc(OC2CN(C(=O)c3cnc4nc[nH]c4c3)CCC2(F)F)nc1C=C. The van der Waals surface area contributed by atoms with Gasteiger partial charge in [0, 0.05) is 25.2 Å². The van der Waals surface area contributed by atoms with Crippen molar-refractivity contribution >= 4 is 29.2 Å². The van der Waals surface area contributed by atoms with Gasteiger partial charge in [-0.25, -0.2) is 23.7 Å². The first-order valence-corrected chi connectivity index (χ1v) is 9.30. The third kappa shape index (κ3) is 3.66. The summed E-state index contributed by atoms with van der Waals surface area (Å²) in [6, 6.07) is 4.77. The molecule has 1 aliphatic rings. The normalized spacial score (nSPS) is 18.2. The molecule has 1 amide bonds. The van der Waals surface area contributed by atoms with Crippen LogP contribution < -0.4 is 4.74 Å². The molecule has 0 saturated carbocycles. The molecular weight excluding hydrogens is 392 g/mol. The van der Waals surface area contributed by atoms with Crippen molar-refractivity contribution in [3.63, 3.8) is 0 Å². The van der Waals surface area contributed by atoms with E-state index in [1.807, 2.05) is 0 Å². The van der Waals surface area contributed by atoms with Crippen molar-refractivity contribution in [2.24, 2.45) is 0 Å². The van der Waals surface area contributed by atoms with Gasteiger partial charge in [-0.1, -0.05) is 19.2 Å². The Labute approximate surface area is 171 Å². The maximum Gasteiger partial charge on any atom is 0.287 e. The van der Waals surface area contributed by atoms with E-state index in [9.17, 15) is 13.6 Å². The molecule has 3 aromatic heterocycles. The van der Waals surface area contributed by atoms with Crippen LogP contribution in [-0.4, -0.2) is 55.9 Å². The molecule has 4 rings (SSSR count). The zero-order valence-electron chi connectivity index (χ0n) is 16.0. The van der Waals surface area contributed by atoms with Crippen LogP contribution in [0, 0.1) is 0 Å². The van der Waals surface area contributed by atoms with E-state index in [-0.39, 0.29) is 24.5 Å². The molecule has 3 aromatic rings. The summed E-state index contributed by atoms with van der Waals surface area (Å²) in [5.74, 6) is -3.46. The van der Waals surface area contributed by atoms with Gasteiger partial charge in [0.05, 0.1) is 29.6 Å². The summed E-state index contributed by atoms with van der Waals surface area (Å²) >= 11 is 0. The Morgan fingerprint density at radius 1 is 1.30 bits per heavy atom. The highest BCUT2D eigenvalue weighted by atomic mass is 19.3. The third-order valence-corrected chi connectivity index (χ3v) is 4.99. The van der Waals surface area contributed by atoms with Crippen molar-refractivity contribution in [1.29, 1.82) is 0 Å². The van der Waals surface area contributed by atoms with Crippen molar-refractivity contribution in [2.75, 3.05) is 13.1 Å². The molecule has 1 unspecified atom stereocenters. The molecule has 30 heavy (non-hydrogen) atoms. The number of imidazole rings is 1. The Morgan fingerprint density at radius 2 is 2.13 bits per heavy atom. The largest absolute Gasteiger partial charge is 0.466 e. The lowest BCUT2D eigenvalue weighted by Crippen LogP contribution is -2.55. The first kappa shape index (κ1) is 19.7. The second kappa shape index (κ2) is 7.66. The number of halogens is 2. The van der Waals surface area contributed by atoms with Crippen molar-refractivity contribution < 1.29 is 18.3 Å². The average molecular weight is 411 g/mol. The minimum Gasteiger partial charge on any atom is -0.466 e. The molecule has 1 saturated heterocycles. The third-order valence-electron chi connectivity index (χ3n) is 4.99. The lowest BCUT2D eigenvalue weighted by Gasteiger charge is -2.37. The fraction of sp³-hybridized carbons (Fsp3) is 0.238. The fourth-order valence-corrected chi connectivity index (χ4v) is 3.32. The standard InChI is InChI=1S/C21H19F2N5O2/c1-3-13-5-6-18(27-15(13)4-2)30-17-11-28(8-7-21(17,22)23)20(29)14-9-16-19(24-10-14)26-12-25-16/h3-6,9-10,12,17H,1-2,7-8,11H2,(H,24,25,26). The number of hydrogen-bond acceptors (Lipinski definition) is 5. The number of carbonyl (C=O) groups excluding carboxylic acids is 1. The Kier molecular flexibility index (Phi) is 5.03. The molecule has 7 nitrogen and oxygen atoms in total. The summed E-state index contributed by atoms with van der Waals surface area (Å²) in [4.78, 5) is 29.4. The number of aromatic amines is 1. The Morgan fingerprint density at radius 3 is 2.90 bits per heavy atom. The zero-order chi connectivity index (χ0) is 21.3. The average Bonchev–Trinajstić information content (AvgIpc) is 3.22. The Hall–Kier alpha value is -3.62. The lowest BCUT2D eigenvalue weighted by molar-refractivity contribution is -0.131. The summed E-state index contributed by atoms with van der Waals surface area (Å²) in [6.45, 7) is 6.97. The fourth-order valence-electron chi connectivity index (χ4n) is 3.32. The number of carbonyl (C=O) groups is 1. The molecule has 0 bridgehead atoms. The van der Waals surface area contributed by atoms with Crippen LogP contribution in [0.4, 0.5) is 8.78 Å². The number of aromatic nitrogens is 4. The maximum atomic E-state index is 14.5. The number of amides is 1. The molecule has 0 aromatic carbocycles. The van der Waals surface area contributed by atoms with Crippen molar-refractivity contribution in [2.45, 2.75) is 18.4 Å². The van der Waals surface area contributed by atoms with Gasteiger partial charge in [0.2, 0.25) is 5.88 Å². The van der Waals surface area contributed by atoms with Crippen molar-refractivity contribution in [3.05, 3.63) is 60.7 Å². The van der Waals surface area contributed by atoms with E-state index in [1.165, 1.54) is 29.6 Å². The second-order valence-corrected chi connectivity index (χ2v) is 6.90. The van der Waals surface area contributed by atoms with Gasteiger partial charge in [-0.2, -0.15) is 0 Å². The topological polar surface area (TPSA) is 84.0 Å². The number of piperidine rings is 1. The molecule has 1 N–H and O–H groups in total. The molecule has 0 aliphatic carbocycles. The van der Waals surface area contributed by atoms with Gasteiger partial charge in [-0.05, 0) is 23.8 Å². The predicted molar refractivity (Wildman–Crippen MR) is 108 cm³/mol. The molecule has 154 valence electrons. The number of H-pyrrole nitrogens is 1. The van der Waals surface area contributed by atoms with E-state index < -0.39 is 24.4 Å². The molecule has 1 fully saturated rings. The van der Waals surface area contributed by atoms with Crippen LogP contribution in [0.2, 0.25) is 0 Å². The second-order valence-electron chi connectivity index (χ2n) is 6.90. The summed E-state index contributed by atoms with van der Waals surface area (Å²) < 4.78 is 34.6. The van der Waals surface area contributed by atoms with Crippen molar-refractivity contribution in [3.8, 4) is 5.88 Å². The van der Waals surface area contributed by atoms with Crippen LogP contribution in [0.3, 0.4) is 0 Å². The Balaban J connectivity index is 1.55. The number of rotatable bonds is 5. The molecule has 1 aliphatic heterocycles. The van der Waals surface area contributed by atoms with Crippen molar-refractivity contribution in [1.82, 2.24) is 24.8 Å². The van der Waals surface area contributed by atoms with Crippen LogP contribution in [0.5, 0.6) is 5.88 Å². The van der Waals surface area contributed by atoms with Gasteiger partial charge < -0.3 is 14.6 Å². The van der Waals surface area contributed by atoms with Crippen LogP contribution in [-0.2, 0) is 0 Å². The molecule has 0 spiro atoms. The highest BCUT2D eigenvalue weighted by Crippen LogP contribution is 2.32. The van der Waals surface area contributed by atoms with Crippen LogP contribution in [0.15, 0.2) is 43.9 Å². The first-order chi connectivity index (χ1) is 14.4. The van der Waals surface area contributed by atoms with Gasteiger partial charge in [0.15, 0.2) is 11.8 Å². The molecule has 1 atom stereocenters. The minimum absolute atomic E-state index is 0.0371. The minimum atomic E-state index is -3.10. The number of nitrogens with one attached hydrogen (secondary N) is 1. The summed E-state index contributed by atoms with van der Waals surface area (Å²) in [5, 5.41) is 0. The van der Waals surface area contributed by atoms with E-state index in [2.05, 4.69) is 33.1 Å². The van der Waals surface area contributed by atoms with Crippen LogP contribution in [0.1, 0.15) is 28.0 Å². The summed E-state index contributed by atoms with van der Waals surface area (Å²) in [5.41, 5.74) is 2.56. The number of hydrogen-bond donors (Lipinski definition) is 1. The zero-order valence-corrected chi connectivity index (χ0v) is 16.0. The highest BCUT2D eigenvalue weighted by molar-refractivity contribution is 5.96. The highest BCUT2D eigenvalue weighted by Gasteiger charge is 2.47. The van der Waals surface area contributed by atoms with Gasteiger partial charge in [-0.3, -0.25) is 4.79 Å². The molecular formula is C21H19F2N5O2. The summed E-state index contributed by atoms with van der Waals surface area (Å²) in [6.07, 6.45) is 3.91. The lowest BCUT2D eigenvalue weighted by atomic mass is 10.0. The predicted octanol–water partition coefficient (Wildman–Crippen LogP) is 3.57. The van der Waals surface area contributed by atoms with E-state index >= 15 is 0 Å². The van der Waals surface area contributed by atoms with Gasteiger partial charge in [-0.15, -0.1) is 0 Å². The number of alkyl halides is 2. The number of pyridine rings is 2. The van der Waals surface area contributed by atoms with E-state index in [1.54, 1.807) is 18.2 Å². The number of ether oxygens (including phenoxy) is 1. The van der Waals surface area contributed by atoms with Crippen LogP contribution in [0.25, 0.3) is 23.3 Å². The summed E-state index contributed by atoms with van der Waals surface area (Å²) in [7, 11) is 0. The smallest absolute Gasteiger partial charge is 0.287 e. The first-order valence-electron chi connectivity index (χ1n) is 9.30. The quantitative estimate of drug-likeness (QED) is 0.694. The molecule has 4 heterocycles. The molecule has 9 heteroatoms.